The van der Waals surface area contributed by atoms with Gasteiger partial charge in [0.05, 0.1) is 17.6 Å². The highest BCUT2D eigenvalue weighted by molar-refractivity contribution is 6.05. The van der Waals surface area contributed by atoms with E-state index in [2.05, 4.69) is 15.6 Å². The number of aliphatic carboxylic acids is 1. The van der Waals surface area contributed by atoms with Gasteiger partial charge in [0, 0.05) is 13.1 Å². The molecule has 90 valence electrons. The number of aliphatic imine (C=N–C) groups is 1. The normalized spacial score (nSPS) is 21.7. The zero-order valence-corrected chi connectivity index (χ0v) is 9.18. The number of anilines is 1. The van der Waals surface area contributed by atoms with E-state index in [0.717, 1.165) is 5.69 Å². The van der Waals surface area contributed by atoms with Crippen LogP contribution in [0.25, 0.3) is 0 Å². The second kappa shape index (κ2) is 4.52. The van der Waals surface area contributed by atoms with Crippen LogP contribution in [-0.4, -0.2) is 36.0 Å². The molecule has 0 saturated carbocycles. The molecule has 6 heteroatoms. The van der Waals surface area contributed by atoms with Gasteiger partial charge in [-0.1, -0.05) is 12.1 Å². The summed E-state index contributed by atoms with van der Waals surface area (Å²) in [4.78, 5) is 15.5. The standard InChI is InChI=1S/C11H14N4O2/c12-5-6-14-11(10(16)17)7-13-8-3-1-2-4-9(8)15-11/h1-4,7,14-15H,5-6,12H2,(H,16,17). The van der Waals surface area contributed by atoms with Gasteiger partial charge in [0.2, 0.25) is 5.66 Å². The third kappa shape index (κ3) is 2.13. The fourth-order valence-corrected chi connectivity index (χ4v) is 1.65. The maximum atomic E-state index is 11.3. The van der Waals surface area contributed by atoms with E-state index >= 15 is 0 Å². The molecule has 0 aromatic heterocycles. The number of benzene rings is 1. The molecule has 1 heterocycles. The zero-order valence-electron chi connectivity index (χ0n) is 9.18. The van der Waals surface area contributed by atoms with E-state index in [1.165, 1.54) is 6.21 Å². The highest BCUT2D eigenvalue weighted by Gasteiger charge is 2.38. The van der Waals surface area contributed by atoms with E-state index in [0.29, 0.717) is 18.8 Å². The summed E-state index contributed by atoms with van der Waals surface area (Å²) in [6.07, 6.45) is 1.35. The molecular weight excluding hydrogens is 220 g/mol. The Balaban J connectivity index is 2.31. The molecule has 0 aliphatic carbocycles. The van der Waals surface area contributed by atoms with Crippen LogP contribution in [0.15, 0.2) is 29.3 Å². The van der Waals surface area contributed by atoms with Crippen LogP contribution in [0.1, 0.15) is 0 Å². The largest absolute Gasteiger partial charge is 0.478 e. The predicted molar refractivity (Wildman–Crippen MR) is 65.6 cm³/mol. The van der Waals surface area contributed by atoms with Gasteiger partial charge in [-0.2, -0.15) is 0 Å². The quantitative estimate of drug-likeness (QED) is 0.594. The van der Waals surface area contributed by atoms with E-state index in [4.69, 9.17) is 5.73 Å². The van der Waals surface area contributed by atoms with Gasteiger partial charge in [-0.05, 0) is 12.1 Å². The molecular formula is C11H14N4O2. The molecule has 1 aromatic rings. The first-order valence-corrected chi connectivity index (χ1v) is 5.29. The molecule has 2 rings (SSSR count). The first-order chi connectivity index (χ1) is 8.18. The highest BCUT2D eigenvalue weighted by Crippen LogP contribution is 2.29. The summed E-state index contributed by atoms with van der Waals surface area (Å²) in [5.74, 6) is -1.04. The first kappa shape index (κ1) is 11.6. The van der Waals surface area contributed by atoms with Gasteiger partial charge < -0.3 is 16.2 Å². The predicted octanol–water partition coefficient (Wildman–Crippen LogP) is 0.144. The van der Waals surface area contributed by atoms with Crippen molar-refractivity contribution < 1.29 is 9.90 Å². The van der Waals surface area contributed by atoms with E-state index in [-0.39, 0.29) is 0 Å². The number of carboxylic acids is 1. The molecule has 17 heavy (non-hydrogen) atoms. The van der Waals surface area contributed by atoms with Crippen molar-refractivity contribution in [2.75, 3.05) is 18.4 Å². The third-order valence-electron chi connectivity index (χ3n) is 2.52. The minimum absolute atomic E-state index is 0.353. The summed E-state index contributed by atoms with van der Waals surface area (Å²) < 4.78 is 0. The first-order valence-electron chi connectivity index (χ1n) is 5.29. The van der Waals surface area contributed by atoms with E-state index < -0.39 is 11.6 Å². The second-order valence-electron chi connectivity index (χ2n) is 3.73. The number of carboxylic acid groups (broad SMARTS) is 1. The molecule has 1 aliphatic heterocycles. The Morgan fingerprint density at radius 1 is 1.53 bits per heavy atom. The van der Waals surface area contributed by atoms with Crippen molar-refractivity contribution in [2.24, 2.45) is 10.7 Å². The number of nitrogens with one attached hydrogen (secondary N) is 2. The van der Waals surface area contributed by atoms with Gasteiger partial charge in [0.1, 0.15) is 0 Å². The van der Waals surface area contributed by atoms with Crippen LogP contribution in [0.2, 0.25) is 0 Å². The van der Waals surface area contributed by atoms with Crippen LogP contribution in [0.4, 0.5) is 11.4 Å². The van der Waals surface area contributed by atoms with Crippen molar-refractivity contribution in [1.29, 1.82) is 0 Å². The number of fused-ring (bicyclic) bond motifs is 1. The maximum absolute atomic E-state index is 11.3. The molecule has 6 nitrogen and oxygen atoms in total. The average Bonchev–Trinajstić information content (AvgIpc) is 2.36. The summed E-state index contributed by atoms with van der Waals surface area (Å²) >= 11 is 0. The Kier molecular flexibility index (Phi) is 3.08. The van der Waals surface area contributed by atoms with Crippen LogP contribution in [0.3, 0.4) is 0 Å². The summed E-state index contributed by atoms with van der Waals surface area (Å²) in [5.41, 5.74) is 5.39. The summed E-state index contributed by atoms with van der Waals surface area (Å²) in [7, 11) is 0. The van der Waals surface area contributed by atoms with Crippen LogP contribution in [0.5, 0.6) is 0 Å². The van der Waals surface area contributed by atoms with Crippen LogP contribution < -0.4 is 16.4 Å². The van der Waals surface area contributed by atoms with E-state index in [1.807, 2.05) is 18.2 Å². The van der Waals surface area contributed by atoms with Gasteiger partial charge in [0.25, 0.3) is 0 Å². The number of carbonyl (C=O) groups is 1. The topological polar surface area (TPSA) is 99.7 Å². The number of nitrogens with zero attached hydrogens (tertiary/aromatic N) is 1. The zero-order chi connectivity index (χ0) is 12.3. The van der Waals surface area contributed by atoms with E-state index in [9.17, 15) is 9.90 Å². The molecule has 1 aliphatic rings. The maximum Gasteiger partial charge on any atom is 0.350 e. The lowest BCUT2D eigenvalue weighted by atomic mass is 10.1. The Morgan fingerprint density at radius 3 is 3.00 bits per heavy atom. The molecule has 0 fully saturated rings. The number of hydrogen-bond acceptors (Lipinski definition) is 5. The summed E-state index contributed by atoms with van der Waals surface area (Å²) in [6, 6.07) is 7.27. The minimum atomic E-state index is -1.38. The minimum Gasteiger partial charge on any atom is -0.478 e. The van der Waals surface area contributed by atoms with Gasteiger partial charge in [0.15, 0.2) is 0 Å². The molecule has 0 radical (unpaired) electrons. The molecule has 0 bridgehead atoms. The van der Waals surface area contributed by atoms with Crippen molar-refractivity contribution in [2.45, 2.75) is 5.66 Å². The van der Waals surface area contributed by atoms with Crippen molar-refractivity contribution in [3.63, 3.8) is 0 Å². The van der Waals surface area contributed by atoms with Crippen LogP contribution >= 0.6 is 0 Å². The SMILES string of the molecule is NCCNC1(C(=O)O)C=Nc2ccccc2N1. The molecule has 0 spiro atoms. The van der Waals surface area contributed by atoms with Crippen LogP contribution in [-0.2, 0) is 4.79 Å². The fourth-order valence-electron chi connectivity index (χ4n) is 1.65. The summed E-state index contributed by atoms with van der Waals surface area (Å²) in [6.45, 7) is 0.736. The Bertz CT molecular complexity index is 461. The van der Waals surface area contributed by atoms with Gasteiger partial charge in [-0.25, -0.2) is 4.79 Å². The molecule has 0 amide bonds. The van der Waals surface area contributed by atoms with Gasteiger partial charge in [-0.3, -0.25) is 10.3 Å². The lowest BCUT2D eigenvalue weighted by molar-refractivity contribution is -0.140. The number of nitrogens with two attached hydrogens (primary N) is 1. The van der Waals surface area contributed by atoms with Gasteiger partial charge in [-0.15, -0.1) is 0 Å². The number of para-hydroxylation sites is 2. The molecule has 0 saturated heterocycles. The Labute approximate surface area is 98.5 Å². The van der Waals surface area contributed by atoms with Crippen molar-refractivity contribution in [3.8, 4) is 0 Å². The monoisotopic (exact) mass is 234 g/mol. The van der Waals surface area contributed by atoms with Crippen molar-refractivity contribution in [1.82, 2.24) is 5.32 Å². The Morgan fingerprint density at radius 2 is 2.29 bits per heavy atom. The third-order valence-corrected chi connectivity index (χ3v) is 2.52. The number of rotatable bonds is 4. The molecule has 1 atom stereocenters. The van der Waals surface area contributed by atoms with Gasteiger partial charge >= 0.3 is 5.97 Å². The summed E-state index contributed by atoms with van der Waals surface area (Å²) in [5, 5.41) is 15.1. The van der Waals surface area contributed by atoms with E-state index in [1.54, 1.807) is 6.07 Å². The fraction of sp³-hybridized carbons (Fsp3) is 0.273. The molecule has 1 unspecified atom stereocenters. The van der Waals surface area contributed by atoms with Crippen LogP contribution in [0, 0.1) is 0 Å². The number of hydrogen-bond donors (Lipinski definition) is 4. The average molecular weight is 234 g/mol. The second-order valence-corrected chi connectivity index (χ2v) is 3.73. The van der Waals surface area contributed by atoms with Crippen molar-refractivity contribution in [3.05, 3.63) is 24.3 Å². The lowest BCUT2D eigenvalue weighted by Crippen LogP contribution is -2.61. The van der Waals surface area contributed by atoms with Crippen molar-refractivity contribution >= 4 is 23.6 Å². The highest BCUT2D eigenvalue weighted by atomic mass is 16.4. The molecule has 1 aromatic carbocycles. The lowest BCUT2D eigenvalue weighted by Gasteiger charge is -2.32. The smallest absolute Gasteiger partial charge is 0.350 e. The Hall–Kier alpha value is -1.92. The molecule has 5 N–H and O–H groups in total.